The van der Waals surface area contributed by atoms with E-state index in [1.54, 1.807) is 18.0 Å². The van der Waals surface area contributed by atoms with Crippen LogP contribution in [0.5, 0.6) is 0 Å². The number of hydrogen-bond donors (Lipinski definition) is 0. The van der Waals surface area contributed by atoms with Crippen LogP contribution >= 0.6 is 15.9 Å². The number of nitrogens with zero attached hydrogens (tertiary/aromatic N) is 3. The summed E-state index contributed by atoms with van der Waals surface area (Å²) in [7, 11) is 1.77. The van der Waals surface area contributed by atoms with E-state index in [9.17, 15) is 14.9 Å². The van der Waals surface area contributed by atoms with Crippen molar-refractivity contribution in [3.05, 3.63) is 32.8 Å². The Balaban J connectivity index is 1.97. The van der Waals surface area contributed by atoms with Crippen molar-refractivity contribution in [1.29, 1.82) is 0 Å². The summed E-state index contributed by atoms with van der Waals surface area (Å²) < 4.78 is 6.13. The Bertz CT molecular complexity index is 652. The van der Waals surface area contributed by atoms with Gasteiger partial charge in [0.25, 0.3) is 5.69 Å². The quantitative estimate of drug-likeness (QED) is 0.548. The SMILES string of the molecule is CN(C(=O)OC(C)(C)C)C1CCN(c2ccc([N+](=O)[O-])cc2Br)CC1. The number of halogens is 1. The van der Waals surface area contributed by atoms with Crippen molar-refractivity contribution < 1.29 is 14.5 Å². The highest BCUT2D eigenvalue weighted by molar-refractivity contribution is 9.10. The van der Waals surface area contributed by atoms with E-state index in [0.717, 1.165) is 31.6 Å². The molecule has 1 heterocycles. The first kappa shape index (κ1) is 19.5. The van der Waals surface area contributed by atoms with E-state index in [0.29, 0.717) is 4.47 Å². The number of amides is 1. The fraction of sp³-hybridized carbons (Fsp3) is 0.588. The largest absolute Gasteiger partial charge is 0.444 e. The van der Waals surface area contributed by atoms with E-state index in [2.05, 4.69) is 20.8 Å². The summed E-state index contributed by atoms with van der Waals surface area (Å²) in [6.07, 6.45) is 1.33. The van der Waals surface area contributed by atoms with Gasteiger partial charge in [-0.05, 0) is 55.6 Å². The van der Waals surface area contributed by atoms with Crippen molar-refractivity contribution in [3.8, 4) is 0 Å². The summed E-state index contributed by atoms with van der Waals surface area (Å²) in [6.45, 7) is 7.11. The maximum absolute atomic E-state index is 12.2. The van der Waals surface area contributed by atoms with Crippen molar-refractivity contribution in [2.45, 2.75) is 45.3 Å². The molecule has 0 spiro atoms. The van der Waals surface area contributed by atoms with Gasteiger partial charge in [0.05, 0.1) is 10.6 Å². The third-order valence-electron chi connectivity index (χ3n) is 4.18. The Morgan fingerprint density at radius 2 is 1.96 bits per heavy atom. The number of ether oxygens (including phenoxy) is 1. The predicted octanol–water partition coefficient (Wildman–Crippen LogP) is 4.19. The summed E-state index contributed by atoms with van der Waals surface area (Å²) in [6, 6.07) is 4.93. The van der Waals surface area contributed by atoms with Crippen LogP contribution in [0.2, 0.25) is 0 Å². The van der Waals surface area contributed by atoms with Gasteiger partial charge in [-0.25, -0.2) is 4.79 Å². The van der Waals surface area contributed by atoms with E-state index in [4.69, 9.17) is 4.74 Å². The third kappa shape index (κ3) is 5.07. The second kappa shape index (κ2) is 7.59. The van der Waals surface area contributed by atoms with E-state index in [1.807, 2.05) is 20.8 Å². The minimum atomic E-state index is -0.504. The molecule has 25 heavy (non-hydrogen) atoms. The van der Waals surface area contributed by atoms with E-state index in [-0.39, 0.29) is 17.8 Å². The lowest BCUT2D eigenvalue weighted by Crippen LogP contribution is -2.47. The summed E-state index contributed by atoms with van der Waals surface area (Å²) in [5.74, 6) is 0. The maximum Gasteiger partial charge on any atom is 0.410 e. The third-order valence-corrected chi connectivity index (χ3v) is 4.81. The van der Waals surface area contributed by atoms with Gasteiger partial charge in [-0.15, -0.1) is 0 Å². The van der Waals surface area contributed by atoms with Crippen molar-refractivity contribution in [1.82, 2.24) is 4.90 Å². The average Bonchev–Trinajstić information content (AvgIpc) is 2.52. The molecule has 7 nitrogen and oxygen atoms in total. The first-order valence-electron chi connectivity index (χ1n) is 8.23. The van der Waals surface area contributed by atoms with Crippen LogP contribution in [0.3, 0.4) is 0 Å². The van der Waals surface area contributed by atoms with E-state index in [1.165, 1.54) is 12.1 Å². The molecule has 1 amide bonds. The zero-order chi connectivity index (χ0) is 18.8. The van der Waals surface area contributed by atoms with Gasteiger partial charge in [0, 0.05) is 42.8 Å². The van der Waals surface area contributed by atoms with Gasteiger partial charge in [0.1, 0.15) is 5.60 Å². The topological polar surface area (TPSA) is 75.9 Å². The lowest BCUT2D eigenvalue weighted by Gasteiger charge is -2.38. The molecule has 1 aromatic rings. The second-order valence-corrected chi connectivity index (χ2v) is 8.06. The van der Waals surface area contributed by atoms with Crippen LogP contribution in [-0.2, 0) is 4.74 Å². The standard InChI is InChI=1S/C17H24BrN3O4/c1-17(2,3)25-16(22)19(4)12-7-9-20(10-8-12)15-6-5-13(21(23)24)11-14(15)18/h5-6,11-12H,7-10H2,1-4H3. The number of carbonyl (C=O) groups excluding carboxylic acids is 1. The van der Waals surface area contributed by atoms with Crippen LogP contribution < -0.4 is 4.90 Å². The van der Waals surface area contributed by atoms with Crippen molar-refractivity contribution >= 4 is 33.4 Å². The van der Waals surface area contributed by atoms with Gasteiger partial charge < -0.3 is 14.5 Å². The summed E-state index contributed by atoms with van der Waals surface area (Å²) >= 11 is 3.42. The monoisotopic (exact) mass is 413 g/mol. The molecule has 0 radical (unpaired) electrons. The molecule has 0 aromatic heterocycles. The van der Waals surface area contributed by atoms with Crippen LogP contribution in [0.4, 0.5) is 16.2 Å². The molecule has 1 aromatic carbocycles. The van der Waals surface area contributed by atoms with E-state index < -0.39 is 10.5 Å². The molecular weight excluding hydrogens is 390 g/mol. The first-order chi connectivity index (χ1) is 11.6. The Labute approximate surface area is 156 Å². The Morgan fingerprint density at radius 3 is 2.44 bits per heavy atom. The zero-order valence-electron chi connectivity index (χ0n) is 15.0. The van der Waals surface area contributed by atoms with Crippen LogP contribution in [0.1, 0.15) is 33.6 Å². The van der Waals surface area contributed by atoms with Gasteiger partial charge in [-0.2, -0.15) is 0 Å². The number of piperidine rings is 1. The van der Waals surface area contributed by atoms with Crippen molar-refractivity contribution in [2.75, 3.05) is 25.0 Å². The summed E-state index contributed by atoms with van der Waals surface area (Å²) in [5.41, 5.74) is 0.495. The number of hydrogen-bond acceptors (Lipinski definition) is 5. The van der Waals surface area contributed by atoms with Gasteiger partial charge in [-0.1, -0.05) is 0 Å². The number of non-ortho nitro benzene ring substituents is 1. The minimum Gasteiger partial charge on any atom is -0.444 e. The lowest BCUT2D eigenvalue weighted by molar-refractivity contribution is -0.384. The smallest absolute Gasteiger partial charge is 0.410 e. The lowest BCUT2D eigenvalue weighted by atomic mass is 10.0. The van der Waals surface area contributed by atoms with Crippen LogP contribution in [0, 0.1) is 10.1 Å². The van der Waals surface area contributed by atoms with Gasteiger partial charge in [0.2, 0.25) is 0 Å². The molecule has 1 saturated heterocycles. The molecular formula is C17H24BrN3O4. The highest BCUT2D eigenvalue weighted by atomic mass is 79.9. The molecule has 0 aliphatic carbocycles. The molecule has 2 rings (SSSR count). The molecule has 1 aliphatic heterocycles. The second-order valence-electron chi connectivity index (χ2n) is 7.20. The van der Waals surface area contributed by atoms with Crippen LogP contribution in [0.15, 0.2) is 22.7 Å². The molecule has 0 saturated carbocycles. The summed E-state index contributed by atoms with van der Waals surface area (Å²) in [5, 5.41) is 10.8. The van der Waals surface area contributed by atoms with Gasteiger partial charge in [0.15, 0.2) is 0 Å². The Hall–Kier alpha value is -1.83. The van der Waals surface area contributed by atoms with Crippen LogP contribution in [-0.4, -0.2) is 47.7 Å². The summed E-state index contributed by atoms with van der Waals surface area (Å²) in [4.78, 5) is 26.5. The fourth-order valence-corrected chi connectivity index (χ4v) is 3.46. The molecule has 0 bridgehead atoms. The zero-order valence-corrected chi connectivity index (χ0v) is 16.6. The fourth-order valence-electron chi connectivity index (χ4n) is 2.84. The average molecular weight is 414 g/mol. The highest BCUT2D eigenvalue weighted by Gasteiger charge is 2.29. The molecule has 0 N–H and O–H groups in total. The van der Waals surface area contributed by atoms with Crippen molar-refractivity contribution in [3.63, 3.8) is 0 Å². The number of rotatable bonds is 3. The van der Waals surface area contributed by atoms with E-state index >= 15 is 0 Å². The van der Waals surface area contributed by atoms with Crippen molar-refractivity contribution in [2.24, 2.45) is 0 Å². The predicted molar refractivity (Wildman–Crippen MR) is 100 cm³/mol. The number of anilines is 1. The normalized spacial score (nSPS) is 15.8. The number of nitro benzene ring substituents is 1. The van der Waals surface area contributed by atoms with Gasteiger partial charge in [-0.3, -0.25) is 10.1 Å². The van der Waals surface area contributed by atoms with Crippen LogP contribution in [0.25, 0.3) is 0 Å². The Kier molecular flexibility index (Phi) is 5.92. The highest BCUT2D eigenvalue weighted by Crippen LogP contribution is 2.32. The first-order valence-corrected chi connectivity index (χ1v) is 9.02. The number of benzene rings is 1. The molecule has 1 fully saturated rings. The van der Waals surface area contributed by atoms with Gasteiger partial charge >= 0.3 is 6.09 Å². The molecule has 138 valence electrons. The molecule has 0 unspecified atom stereocenters. The number of nitro groups is 1. The molecule has 1 aliphatic rings. The maximum atomic E-state index is 12.2. The Morgan fingerprint density at radius 1 is 1.36 bits per heavy atom. The minimum absolute atomic E-state index is 0.0650. The molecule has 0 atom stereocenters. The molecule has 8 heteroatoms. The number of carbonyl (C=O) groups is 1.